The Morgan fingerprint density at radius 2 is 1.66 bits per heavy atom. The van der Waals surface area contributed by atoms with Crippen LogP contribution in [0, 0.1) is 0 Å². The topological polar surface area (TPSA) is 51.1 Å². The lowest BCUT2D eigenvalue weighted by molar-refractivity contribution is 0.411. The second-order valence-corrected chi connectivity index (χ2v) is 8.10. The lowest BCUT2D eigenvalue weighted by Gasteiger charge is -2.21. The first kappa shape index (κ1) is 21.5. The summed E-state index contributed by atoms with van der Waals surface area (Å²) in [5, 5.41) is 0. The summed E-state index contributed by atoms with van der Waals surface area (Å²) in [5.41, 5.74) is 5.54. The van der Waals surface area contributed by atoms with Crippen molar-refractivity contribution in [3.05, 3.63) is 90.3 Å². The van der Waals surface area contributed by atoms with Crippen LogP contribution in [-0.4, -0.2) is 29.1 Å². The van der Waals surface area contributed by atoms with Crippen molar-refractivity contribution in [1.29, 1.82) is 0 Å². The van der Waals surface area contributed by atoms with Crippen LogP contribution < -0.4 is 9.64 Å². The molecular formula is C27H28N4O. The number of pyridine rings is 1. The molecule has 32 heavy (non-hydrogen) atoms. The van der Waals surface area contributed by atoms with Gasteiger partial charge in [-0.05, 0) is 29.2 Å². The molecule has 5 nitrogen and oxygen atoms in total. The van der Waals surface area contributed by atoms with Gasteiger partial charge in [-0.25, -0.2) is 9.97 Å². The molecule has 0 radical (unpaired) electrons. The van der Waals surface area contributed by atoms with E-state index >= 15 is 0 Å². The highest BCUT2D eigenvalue weighted by atomic mass is 16.5. The van der Waals surface area contributed by atoms with Crippen LogP contribution in [0.25, 0.3) is 22.6 Å². The predicted octanol–water partition coefficient (Wildman–Crippen LogP) is 5.97. The number of methoxy groups -OCH3 is 1. The maximum absolute atomic E-state index is 5.57. The zero-order valence-corrected chi connectivity index (χ0v) is 19.0. The Bertz CT molecular complexity index is 1170. The summed E-state index contributed by atoms with van der Waals surface area (Å²) < 4.78 is 5.57. The van der Waals surface area contributed by atoms with Crippen molar-refractivity contribution < 1.29 is 4.74 Å². The summed E-state index contributed by atoms with van der Waals surface area (Å²) in [6.45, 7) is 5.06. The number of benzene rings is 2. The maximum Gasteiger partial charge on any atom is 0.179 e. The van der Waals surface area contributed by atoms with Crippen molar-refractivity contribution in [2.45, 2.75) is 26.3 Å². The van der Waals surface area contributed by atoms with Crippen molar-refractivity contribution in [3.63, 3.8) is 0 Å². The molecule has 0 aliphatic heterocycles. The standard InChI is InChI=1S/C27H28N4O/c1-19(2)22-9-5-6-10-23(22)26-29-17-25(32-4)27(30-26)31(3)18-20-12-14-21(15-13-20)24-11-7-8-16-28-24/h5-17,19H,18H2,1-4H3. The first-order valence-corrected chi connectivity index (χ1v) is 10.8. The normalized spacial score (nSPS) is 10.9. The van der Waals surface area contributed by atoms with Crippen LogP contribution in [0.5, 0.6) is 5.75 Å². The Hall–Kier alpha value is -3.73. The molecule has 2 aromatic carbocycles. The number of anilines is 1. The van der Waals surface area contributed by atoms with Crippen molar-refractivity contribution in [2.75, 3.05) is 19.1 Å². The van der Waals surface area contributed by atoms with E-state index in [9.17, 15) is 0 Å². The van der Waals surface area contributed by atoms with E-state index in [4.69, 9.17) is 9.72 Å². The van der Waals surface area contributed by atoms with Gasteiger partial charge in [-0.15, -0.1) is 0 Å². The van der Waals surface area contributed by atoms with E-state index in [0.29, 0.717) is 24.0 Å². The molecule has 0 saturated heterocycles. The van der Waals surface area contributed by atoms with Crippen molar-refractivity contribution in [3.8, 4) is 28.4 Å². The lowest BCUT2D eigenvalue weighted by atomic mass is 9.97. The third kappa shape index (κ3) is 4.62. The van der Waals surface area contributed by atoms with Gasteiger partial charge in [0.2, 0.25) is 0 Å². The van der Waals surface area contributed by atoms with E-state index in [2.05, 4.69) is 71.2 Å². The molecule has 0 aliphatic carbocycles. The lowest BCUT2D eigenvalue weighted by Crippen LogP contribution is -2.19. The van der Waals surface area contributed by atoms with E-state index in [-0.39, 0.29) is 0 Å². The third-order valence-electron chi connectivity index (χ3n) is 5.48. The molecule has 0 unspecified atom stereocenters. The average molecular weight is 425 g/mol. The molecule has 4 aromatic rings. The van der Waals surface area contributed by atoms with Crippen LogP contribution in [0.2, 0.25) is 0 Å². The van der Waals surface area contributed by atoms with Crippen molar-refractivity contribution >= 4 is 5.82 Å². The van der Waals surface area contributed by atoms with Gasteiger partial charge in [-0.3, -0.25) is 4.98 Å². The van der Waals surface area contributed by atoms with Gasteiger partial charge in [0.1, 0.15) is 0 Å². The number of ether oxygens (including phenoxy) is 1. The summed E-state index contributed by atoms with van der Waals surface area (Å²) in [6.07, 6.45) is 3.57. The fraction of sp³-hybridized carbons (Fsp3) is 0.222. The van der Waals surface area contributed by atoms with Gasteiger partial charge in [0.25, 0.3) is 0 Å². The molecule has 0 spiro atoms. The maximum atomic E-state index is 5.57. The van der Waals surface area contributed by atoms with E-state index < -0.39 is 0 Å². The van der Waals surface area contributed by atoms with E-state index in [1.807, 2.05) is 37.5 Å². The number of rotatable bonds is 7. The second-order valence-electron chi connectivity index (χ2n) is 8.10. The van der Waals surface area contributed by atoms with Gasteiger partial charge in [0.05, 0.1) is 19.0 Å². The Morgan fingerprint density at radius 3 is 2.34 bits per heavy atom. The number of nitrogens with zero attached hydrogens (tertiary/aromatic N) is 4. The molecule has 2 heterocycles. The summed E-state index contributed by atoms with van der Waals surface area (Å²) in [4.78, 5) is 16.0. The zero-order valence-electron chi connectivity index (χ0n) is 19.0. The van der Waals surface area contributed by atoms with Crippen molar-refractivity contribution in [1.82, 2.24) is 15.0 Å². The molecule has 162 valence electrons. The fourth-order valence-corrected chi connectivity index (χ4v) is 3.78. The van der Waals surface area contributed by atoms with E-state index in [1.165, 1.54) is 11.1 Å². The molecule has 2 aromatic heterocycles. The summed E-state index contributed by atoms with van der Waals surface area (Å²) in [6, 6.07) is 22.7. The van der Waals surface area contributed by atoms with Crippen LogP contribution in [0.3, 0.4) is 0 Å². The second kappa shape index (κ2) is 9.60. The number of aromatic nitrogens is 3. The Morgan fingerprint density at radius 1 is 0.906 bits per heavy atom. The SMILES string of the molecule is COc1cnc(-c2ccccc2C(C)C)nc1N(C)Cc1ccc(-c2ccccn2)cc1. The van der Waals surface area contributed by atoms with Gasteiger partial charge in [-0.1, -0.05) is 68.4 Å². The minimum Gasteiger partial charge on any atom is -0.491 e. The molecule has 0 aliphatic rings. The Kier molecular flexibility index (Phi) is 6.45. The first-order chi connectivity index (χ1) is 15.6. The summed E-state index contributed by atoms with van der Waals surface area (Å²) in [5.74, 6) is 2.52. The van der Waals surface area contributed by atoms with Gasteiger partial charge < -0.3 is 9.64 Å². The molecule has 0 atom stereocenters. The van der Waals surface area contributed by atoms with E-state index in [1.54, 1.807) is 13.3 Å². The fourth-order valence-electron chi connectivity index (χ4n) is 3.78. The Labute approximate surface area is 189 Å². The minimum absolute atomic E-state index is 0.385. The van der Waals surface area contributed by atoms with Crippen LogP contribution in [-0.2, 0) is 6.54 Å². The van der Waals surface area contributed by atoms with Gasteiger partial charge >= 0.3 is 0 Å². The first-order valence-electron chi connectivity index (χ1n) is 10.8. The number of hydrogen-bond donors (Lipinski definition) is 0. The van der Waals surface area contributed by atoms with Gasteiger partial charge in [0, 0.05) is 30.9 Å². The number of hydrogen-bond acceptors (Lipinski definition) is 5. The zero-order chi connectivity index (χ0) is 22.5. The quantitative estimate of drug-likeness (QED) is 0.366. The van der Waals surface area contributed by atoms with Gasteiger partial charge in [0.15, 0.2) is 17.4 Å². The molecule has 4 rings (SSSR count). The average Bonchev–Trinajstić information content (AvgIpc) is 2.84. The molecule has 0 fully saturated rings. The Balaban J connectivity index is 1.61. The highest BCUT2D eigenvalue weighted by molar-refractivity contribution is 5.65. The molecule has 5 heteroatoms. The highest BCUT2D eigenvalue weighted by Gasteiger charge is 2.16. The van der Waals surface area contributed by atoms with Crippen LogP contribution in [0.1, 0.15) is 30.9 Å². The molecule has 0 bridgehead atoms. The monoisotopic (exact) mass is 424 g/mol. The van der Waals surface area contributed by atoms with Gasteiger partial charge in [-0.2, -0.15) is 0 Å². The molecule has 0 amide bonds. The highest BCUT2D eigenvalue weighted by Crippen LogP contribution is 2.32. The minimum atomic E-state index is 0.385. The summed E-state index contributed by atoms with van der Waals surface area (Å²) in [7, 11) is 3.68. The summed E-state index contributed by atoms with van der Waals surface area (Å²) >= 11 is 0. The molecule has 0 N–H and O–H groups in total. The van der Waals surface area contributed by atoms with Crippen molar-refractivity contribution in [2.24, 2.45) is 0 Å². The van der Waals surface area contributed by atoms with Crippen LogP contribution >= 0.6 is 0 Å². The largest absolute Gasteiger partial charge is 0.491 e. The molecule has 0 saturated carbocycles. The van der Waals surface area contributed by atoms with Crippen LogP contribution in [0.4, 0.5) is 5.82 Å². The smallest absolute Gasteiger partial charge is 0.179 e. The van der Waals surface area contributed by atoms with Crippen LogP contribution in [0.15, 0.2) is 79.1 Å². The third-order valence-corrected chi connectivity index (χ3v) is 5.48. The van der Waals surface area contributed by atoms with E-state index in [0.717, 1.165) is 22.6 Å². The predicted molar refractivity (Wildman–Crippen MR) is 130 cm³/mol. The molecular weight excluding hydrogens is 396 g/mol.